The fourth-order valence-electron chi connectivity index (χ4n) is 1.79. The number of para-hydroxylation sites is 1. The molecule has 7 nitrogen and oxygen atoms in total. The Balaban J connectivity index is 2.73. The number of methoxy groups -OCH3 is 1. The first-order valence-corrected chi connectivity index (χ1v) is 5.21. The molecule has 0 aliphatic carbocycles. The number of benzene rings is 1. The van der Waals surface area contributed by atoms with Crippen LogP contribution < -0.4 is 4.74 Å². The predicted octanol–water partition coefficient (Wildman–Crippen LogP) is 1.54. The molecule has 18 heavy (non-hydrogen) atoms. The van der Waals surface area contributed by atoms with Gasteiger partial charge in [0, 0.05) is 6.07 Å². The Morgan fingerprint density at radius 3 is 2.83 bits per heavy atom. The van der Waals surface area contributed by atoms with Gasteiger partial charge in [-0.3, -0.25) is 19.5 Å². The molecule has 7 heteroatoms. The second-order valence-electron chi connectivity index (χ2n) is 3.79. The topological polar surface area (TPSA) is 87.3 Å². The van der Waals surface area contributed by atoms with Crippen molar-refractivity contribution in [3.63, 3.8) is 0 Å². The Morgan fingerprint density at radius 2 is 2.28 bits per heavy atom. The molecular formula is C11H11N3O4. The van der Waals surface area contributed by atoms with Crippen LogP contribution >= 0.6 is 0 Å². The Hall–Kier alpha value is -2.44. The number of nitrogens with zero attached hydrogens (tertiary/aromatic N) is 3. The first-order valence-electron chi connectivity index (χ1n) is 5.21. The Bertz CT molecular complexity index is 632. The number of rotatable bonds is 4. The predicted molar refractivity (Wildman–Crippen MR) is 63.6 cm³/mol. The summed E-state index contributed by atoms with van der Waals surface area (Å²) in [7, 11) is 1.41. The summed E-state index contributed by atoms with van der Waals surface area (Å²) >= 11 is 0. The smallest absolute Gasteiger partial charge is 0.297 e. The monoisotopic (exact) mass is 249 g/mol. The molecule has 0 spiro atoms. The van der Waals surface area contributed by atoms with Crippen LogP contribution in [0.1, 0.15) is 6.92 Å². The van der Waals surface area contributed by atoms with Crippen LogP contribution in [0.25, 0.3) is 11.0 Å². The van der Waals surface area contributed by atoms with Crippen molar-refractivity contribution in [1.29, 1.82) is 0 Å². The first kappa shape index (κ1) is 12.0. The third-order valence-corrected chi connectivity index (χ3v) is 2.48. The number of non-ortho nitro benzene ring substituents is 1. The van der Waals surface area contributed by atoms with E-state index in [1.54, 1.807) is 12.1 Å². The number of aromatic nitrogens is 2. The number of hydrogen-bond acceptors (Lipinski definition) is 5. The average Bonchev–Trinajstić information content (AvgIpc) is 2.66. The average molecular weight is 249 g/mol. The van der Waals surface area contributed by atoms with Crippen LogP contribution in [-0.4, -0.2) is 27.4 Å². The van der Waals surface area contributed by atoms with E-state index in [0.29, 0.717) is 5.52 Å². The van der Waals surface area contributed by atoms with E-state index in [1.807, 2.05) is 0 Å². The van der Waals surface area contributed by atoms with Gasteiger partial charge in [-0.2, -0.15) is 4.98 Å². The van der Waals surface area contributed by atoms with Crippen LogP contribution in [0.4, 0.5) is 5.69 Å². The Morgan fingerprint density at radius 1 is 1.56 bits per heavy atom. The molecule has 0 bridgehead atoms. The van der Waals surface area contributed by atoms with Crippen molar-refractivity contribution >= 4 is 22.5 Å². The van der Waals surface area contributed by atoms with Gasteiger partial charge >= 0.3 is 0 Å². The van der Waals surface area contributed by atoms with Gasteiger partial charge < -0.3 is 4.74 Å². The van der Waals surface area contributed by atoms with E-state index < -0.39 is 4.92 Å². The lowest BCUT2D eigenvalue weighted by atomic mass is 10.2. The zero-order valence-corrected chi connectivity index (χ0v) is 9.91. The van der Waals surface area contributed by atoms with E-state index in [2.05, 4.69) is 4.98 Å². The number of fused-ring (bicyclic) bond motifs is 1. The van der Waals surface area contributed by atoms with E-state index in [9.17, 15) is 14.9 Å². The van der Waals surface area contributed by atoms with Crippen molar-refractivity contribution in [2.45, 2.75) is 13.5 Å². The standard InChI is InChI=1S/C11H11N3O4/c1-7(15)6-13-8-4-3-5-9(14(16)17)10(8)12-11(13)18-2/h3-5H,6H2,1-2H3. The molecule has 0 radical (unpaired) electrons. The van der Waals surface area contributed by atoms with E-state index in [-0.39, 0.29) is 29.5 Å². The molecule has 2 rings (SSSR count). The van der Waals surface area contributed by atoms with Gasteiger partial charge in [-0.15, -0.1) is 0 Å². The highest BCUT2D eigenvalue weighted by molar-refractivity contribution is 5.87. The maximum Gasteiger partial charge on any atom is 0.297 e. The van der Waals surface area contributed by atoms with E-state index in [4.69, 9.17) is 4.74 Å². The number of carbonyl (C=O) groups is 1. The summed E-state index contributed by atoms with van der Waals surface area (Å²) < 4.78 is 6.56. The van der Waals surface area contributed by atoms with Gasteiger partial charge in [0.05, 0.1) is 24.1 Å². The summed E-state index contributed by atoms with van der Waals surface area (Å²) in [6.45, 7) is 1.50. The van der Waals surface area contributed by atoms with Crippen LogP contribution in [0.2, 0.25) is 0 Å². The van der Waals surface area contributed by atoms with Gasteiger partial charge in [0.25, 0.3) is 11.7 Å². The van der Waals surface area contributed by atoms with Gasteiger partial charge in [0.15, 0.2) is 5.52 Å². The second-order valence-corrected chi connectivity index (χ2v) is 3.79. The molecule has 0 amide bonds. The van der Waals surface area contributed by atoms with Gasteiger partial charge in [-0.25, -0.2) is 0 Å². The molecule has 0 fully saturated rings. The largest absolute Gasteiger partial charge is 0.468 e. The lowest BCUT2D eigenvalue weighted by Gasteiger charge is -2.04. The van der Waals surface area contributed by atoms with Crippen molar-refractivity contribution in [2.24, 2.45) is 0 Å². The van der Waals surface area contributed by atoms with Crippen LogP contribution in [0.3, 0.4) is 0 Å². The quantitative estimate of drug-likeness (QED) is 0.605. The lowest BCUT2D eigenvalue weighted by Crippen LogP contribution is -2.07. The minimum absolute atomic E-state index is 0.0703. The number of nitro groups is 1. The summed E-state index contributed by atoms with van der Waals surface area (Å²) in [6.07, 6.45) is 0. The first-order chi connectivity index (χ1) is 8.54. The summed E-state index contributed by atoms with van der Waals surface area (Å²) in [5, 5.41) is 10.9. The van der Waals surface area contributed by atoms with E-state index in [1.165, 1.54) is 24.7 Å². The number of ketones is 1. The lowest BCUT2D eigenvalue weighted by molar-refractivity contribution is -0.383. The maximum atomic E-state index is 11.2. The molecule has 0 aliphatic rings. The Labute approximate surface area is 102 Å². The molecule has 0 aliphatic heterocycles. The molecule has 1 heterocycles. The zero-order chi connectivity index (χ0) is 13.3. The molecule has 1 aromatic carbocycles. The summed E-state index contributed by atoms with van der Waals surface area (Å²) in [5.74, 6) is -0.0842. The number of ether oxygens (including phenoxy) is 1. The number of hydrogen-bond donors (Lipinski definition) is 0. The molecule has 94 valence electrons. The van der Waals surface area contributed by atoms with Gasteiger partial charge in [-0.05, 0) is 13.0 Å². The number of carbonyl (C=O) groups excluding carboxylic acids is 1. The van der Waals surface area contributed by atoms with E-state index >= 15 is 0 Å². The number of imidazole rings is 1. The molecule has 0 atom stereocenters. The van der Waals surface area contributed by atoms with Crippen LogP contribution in [0.5, 0.6) is 6.01 Å². The van der Waals surface area contributed by atoms with Crippen molar-refractivity contribution in [3.8, 4) is 6.01 Å². The highest BCUT2D eigenvalue weighted by Crippen LogP contribution is 2.28. The van der Waals surface area contributed by atoms with Crippen molar-refractivity contribution in [2.75, 3.05) is 7.11 Å². The fourth-order valence-corrected chi connectivity index (χ4v) is 1.79. The number of nitro benzene ring substituents is 1. The minimum Gasteiger partial charge on any atom is -0.468 e. The highest BCUT2D eigenvalue weighted by atomic mass is 16.6. The molecular weight excluding hydrogens is 238 g/mol. The second kappa shape index (κ2) is 4.44. The third kappa shape index (κ3) is 1.90. The third-order valence-electron chi connectivity index (χ3n) is 2.48. The summed E-state index contributed by atoms with van der Waals surface area (Å²) in [5.41, 5.74) is 0.630. The molecule has 0 unspecified atom stereocenters. The zero-order valence-electron chi connectivity index (χ0n) is 9.91. The fraction of sp³-hybridized carbons (Fsp3) is 0.273. The van der Waals surface area contributed by atoms with Crippen LogP contribution in [0.15, 0.2) is 18.2 Å². The highest BCUT2D eigenvalue weighted by Gasteiger charge is 2.20. The maximum absolute atomic E-state index is 11.2. The van der Waals surface area contributed by atoms with Crippen molar-refractivity contribution in [3.05, 3.63) is 28.3 Å². The molecule has 0 saturated heterocycles. The van der Waals surface area contributed by atoms with Gasteiger partial charge in [0.1, 0.15) is 5.78 Å². The molecule has 2 aromatic rings. The van der Waals surface area contributed by atoms with E-state index in [0.717, 1.165) is 0 Å². The SMILES string of the molecule is COc1nc2c([N+](=O)[O-])cccc2n1CC(C)=O. The van der Waals surface area contributed by atoms with Crippen molar-refractivity contribution < 1.29 is 14.5 Å². The van der Waals surface area contributed by atoms with Crippen LogP contribution in [0, 0.1) is 10.1 Å². The van der Waals surface area contributed by atoms with Gasteiger partial charge in [-0.1, -0.05) is 6.07 Å². The normalized spacial score (nSPS) is 10.6. The van der Waals surface area contributed by atoms with Gasteiger partial charge in [0.2, 0.25) is 0 Å². The summed E-state index contributed by atoms with van der Waals surface area (Å²) in [6, 6.07) is 4.78. The number of Topliss-reactive ketones (excluding diaryl/α,β-unsaturated/α-hetero) is 1. The molecule has 0 saturated carbocycles. The molecule has 0 N–H and O–H groups in total. The van der Waals surface area contributed by atoms with Crippen LogP contribution in [-0.2, 0) is 11.3 Å². The minimum atomic E-state index is -0.507. The Kier molecular flexibility index (Phi) is 2.97. The molecule has 1 aromatic heterocycles. The summed E-state index contributed by atoms with van der Waals surface area (Å²) in [4.78, 5) is 25.6. The van der Waals surface area contributed by atoms with Crippen molar-refractivity contribution in [1.82, 2.24) is 9.55 Å².